The molecule has 1 heterocycles. The fourth-order valence-electron chi connectivity index (χ4n) is 1.60. The van der Waals surface area contributed by atoms with Gasteiger partial charge in [0.05, 0.1) is 15.6 Å². The summed E-state index contributed by atoms with van der Waals surface area (Å²) >= 11 is 9.02. The van der Waals surface area contributed by atoms with E-state index in [1.165, 1.54) is 5.01 Å². The zero-order chi connectivity index (χ0) is 11.7. The van der Waals surface area contributed by atoms with Crippen LogP contribution in [0.3, 0.4) is 0 Å². The summed E-state index contributed by atoms with van der Waals surface area (Å²) in [6, 6.07) is 9.28. The van der Waals surface area contributed by atoms with Gasteiger partial charge in [0, 0.05) is 0 Å². The Kier molecular flexibility index (Phi) is 3.07. The highest BCUT2D eigenvalue weighted by Crippen LogP contribution is 2.25. The quantitative estimate of drug-likeness (QED) is 0.645. The molecule has 82 valence electrons. The SMILES string of the molecule is CC1=NN(c2ccccc2)C(=O)C1C(=S)S. The van der Waals surface area contributed by atoms with E-state index in [1.807, 2.05) is 30.3 Å². The van der Waals surface area contributed by atoms with Crippen LogP contribution in [0.1, 0.15) is 6.92 Å². The number of rotatable bonds is 2. The normalized spacial score (nSPS) is 19.9. The number of para-hydroxylation sites is 1. The molecule has 16 heavy (non-hydrogen) atoms. The van der Waals surface area contributed by atoms with Crippen LogP contribution in [0.4, 0.5) is 5.69 Å². The topological polar surface area (TPSA) is 32.7 Å². The zero-order valence-corrected chi connectivity index (χ0v) is 10.3. The van der Waals surface area contributed by atoms with Crippen molar-refractivity contribution in [3.05, 3.63) is 30.3 Å². The number of hydrogen-bond acceptors (Lipinski definition) is 3. The highest BCUT2D eigenvalue weighted by atomic mass is 32.1. The van der Waals surface area contributed by atoms with Crippen molar-refractivity contribution < 1.29 is 4.79 Å². The zero-order valence-electron chi connectivity index (χ0n) is 8.62. The van der Waals surface area contributed by atoms with Crippen molar-refractivity contribution in [2.75, 3.05) is 5.01 Å². The van der Waals surface area contributed by atoms with E-state index in [0.29, 0.717) is 9.91 Å². The molecule has 1 amide bonds. The Morgan fingerprint density at radius 2 is 2.06 bits per heavy atom. The van der Waals surface area contributed by atoms with Crippen LogP contribution < -0.4 is 5.01 Å². The van der Waals surface area contributed by atoms with Gasteiger partial charge in [-0.15, -0.1) is 12.6 Å². The van der Waals surface area contributed by atoms with Gasteiger partial charge in [-0.25, -0.2) is 0 Å². The molecule has 0 saturated heterocycles. The summed E-state index contributed by atoms with van der Waals surface area (Å²) in [4.78, 5) is 12.0. The van der Waals surface area contributed by atoms with Gasteiger partial charge in [0.1, 0.15) is 5.92 Å². The minimum Gasteiger partial charge on any atom is -0.271 e. The van der Waals surface area contributed by atoms with E-state index in [-0.39, 0.29) is 5.91 Å². The van der Waals surface area contributed by atoms with E-state index < -0.39 is 5.92 Å². The minimum absolute atomic E-state index is 0.135. The number of carbonyl (C=O) groups excluding carboxylic acids is 1. The van der Waals surface area contributed by atoms with Crippen LogP contribution in [0.5, 0.6) is 0 Å². The Balaban J connectivity index is 2.35. The Hall–Kier alpha value is -1.20. The minimum atomic E-state index is -0.474. The Morgan fingerprint density at radius 1 is 1.44 bits per heavy atom. The second-order valence-electron chi connectivity index (χ2n) is 3.50. The van der Waals surface area contributed by atoms with Crippen molar-refractivity contribution in [3.8, 4) is 0 Å². The molecule has 0 fully saturated rings. The number of nitrogens with zero attached hydrogens (tertiary/aromatic N) is 2. The van der Waals surface area contributed by atoms with Gasteiger partial charge >= 0.3 is 0 Å². The number of hydrogen-bond donors (Lipinski definition) is 1. The molecular weight excluding hydrogens is 240 g/mol. The maximum Gasteiger partial charge on any atom is 0.262 e. The van der Waals surface area contributed by atoms with E-state index in [2.05, 4.69) is 17.7 Å². The average molecular weight is 250 g/mol. The fourth-order valence-corrected chi connectivity index (χ4v) is 2.17. The number of carbonyl (C=O) groups is 1. The molecule has 5 heteroatoms. The monoisotopic (exact) mass is 250 g/mol. The maximum atomic E-state index is 12.0. The smallest absolute Gasteiger partial charge is 0.262 e. The van der Waals surface area contributed by atoms with Gasteiger partial charge < -0.3 is 0 Å². The molecule has 0 spiro atoms. The lowest BCUT2D eigenvalue weighted by Crippen LogP contribution is -2.29. The van der Waals surface area contributed by atoms with Crippen molar-refractivity contribution in [1.82, 2.24) is 0 Å². The van der Waals surface area contributed by atoms with Gasteiger partial charge in [-0.3, -0.25) is 4.79 Å². The van der Waals surface area contributed by atoms with Crippen LogP contribution in [0.2, 0.25) is 0 Å². The second-order valence-corrected chi connectivity index (χ2v) is 4.72. The summed E-state index contributed by atoms with van der Waals surface area (Å²) < 4.78 is 0.365. The molecule has 0 saturated carbocycles. The van der Waals surface area contributed by atoms with Crippen molar-refractivity contribution in [1.29, 1.82) is 0 Å². The van der Waals surface area contributed by atoms with E-state index in [1.54, 1.807) is 6.92 Å². The number of benzene rings is 1. The maximum absolute atomic E-state index is 12.0. The molecule has 3 nitrogen and oxygen atoms in total. The first-order chi connectivity index (χ1) is 7.61. The molecule has 1 aliphatic heterocycles. The number of thiocarbonyl (C=S) groups is 1. The van der Waals surface area contributed by atoms with E-state index >= 15 is 0 Å². The molecule has 0 radical (unpaired) electrons. The molecule has 1 unspecified atom stereocenters. The first-order valence-electron chi connectivity index (χ1n) is 4.78. The number of anilines is 1. The summed E-state index contributed by atoms with van der Waals surface area (Å²) in [6.07, 6.45) is 0. The van der Waals surface area contributed by atoms with Crippen LogP contribution in [-0.4, -0.2) is 15.8 Å². The summed E-state index contributed by atoms with van der Waals surface area (Å²) in [5, 5.41) is 5.58. The van der Waals surface area contributed by atoms with Gasteiger partial charge in [0.25, 0.3) is 5.91 Å². The van der Waals surface area contributed by atoms with E-state index in [0.717, 1.165) is 5.69 Å². The molecular formula is C11H10N2OS2. The van der Waals surface area contributed by atoms with Gasteiger partial charge in [0.15, 0.2) is 0 Å². The fraction of sp³-hybridized carbons (Fsp3) is 0.182. The van der Waals surface area contributed by atoms with E-state index in [4.69, 9.17) is 12.2 Å². The van der Waals surface area contributed by atoms with Crippen LogP contribution in [0.15, 0.2) is 35.4 Å². The summed E-state index contributed by atoms with van der Waals surface area (Å²) in [5.41, 5.74) is 1.44. The molecule has 0 aromatic heterocycles. The highest BCUT2D eigenvalue weighted by Gasteiger charge is 2.35. The van der Waals surface area contributed by atoms with Gasteiger partial charge in [0.2, 0.25) is 0 Å². The Bertz CT molecular complexity index is 470. The average Bonchev–Trinajstić information content (AvgIpc) is 2.55. The van der Waals surface area contributed by atoms with Gasteiger partial charge in [-0.05, 0) is 19.1 Å². The lowest BCUT2D eigenvalue weighted by atomic mass is 10.1. The van der Waals surface area contributed by atoms with Crippen LogP contribution in [0, 0.1) is 5.92 Å². The first-order valence-corrected chi connectivity index (χ1v) is 5.63. The molecule has 1 aromatic rings. The predicted molar refractivity (Wildman–Crippen MR) is 72.1 cm³/mol. The number of amides is 1. The third-order valence-electron chi connectivity index (χ3n) is 2.38. The molecule has 1 aliphatic rings. The van der Waals surface area contributed by atoms with Gasteiger partial charge in [-0.2, -0.15) is 10.1 Å². The second kappa shape index (κ2) is 4.35. The summed E-state index contributed by atoms with van der Waals surface area (Å²) in [7, 11) is 0. The molecule has 2 rings (SSSR count). The molecule has 1 atom stereocenters. The lowest BCUT2D eigenvalue weighted by molar-refractivity contribution is -0.118. The summed E-state index contributed by atoms with van der Waals surface area (Å²) in [6.45, 7) is 1.79. The number of hydrazone groups is 1. The molecule has 0 N–H and O–H groups in total. The molecule has 0 aliphatic carbocycles. The van der Waals surface area contributed by atoms with Crippen molar-refractivity contribution in [3.63, 3.8) is 0 Å². The summed E-state index contributed by atoms with van der Waals surface area (Å²) in [5.74, 6) is -0.609. The van der Waals surface area contributed by atoms with Crippen molar-refractivity contribution in [2.45, 2.75) is 6.92 Å². The largest absolute Gasteiger partial charge is 0.271 e. The van der Waals surface area contributed by atoms with Gasteiger partial charge in [-0.1, -0.05) is 30.4 Å². The highest BCUT2D eigenvalue weighted by molar-refractivity contribution is 8.11. The van der Waals surface area contributed by atoms with Crippen LogP contribution >= 0.6 is 24.8 Å². The number of thiol groups is 1. The first kappa shape index (κ1) is 11.3. The molecule has 1 aromatic carbocycles. The van der Waals surface area contributed by atoms with Crippen molar-refractivity contribution in [2.24, 2.45) is 11.0 Å². The lowest BCUT2D eigenvalue weighted by Gasteiger charge is -2.13. The van der Waals surface area contributed by atoms with Crippen LogP contribution in [0.25, 0.3) is 0 Å². The van der Waals surface area contributed by atoms with E-state index in [9.17, 15) is 4.79 Å². The van der Waals surface area contributed by atoms with Crippen molar-refractivity contribution >= 4 is 46.3 Å². The third kappa shape index (κ3) is 1.88. The predicted octanol–water partition coefficient (Wildman–Crippen LogP) is 2.28. The van der Waals surface area contributed by atoms with Crippen LogP contribution in [-0.2, 0) is 4.79 Å². The standard InChI is InChI=1S/C11H10N2OS2/c1-7-9(11(15)16)10(14)13(12-7)8-5-3-2-4-6-8/h2-6,9H,1H3,(H,15,16). The Labute approximate surface area is 105 Å². The third-order valence-corrected chi connectivity index (χ3v) is 2.87. The Morgan fingerprint density at radius 3 is 2.56 bits per heavy atom. The molecule has 0 bridgehead atoms.